The van der Waals surface area contributed by atoms with Crippen molar-refractivity contribution in [3.63, 3.8) is 0 Å². The molecule has 1 aliphatic rings. The van der Waals surface area contributed by atoms with Crippen molar-refractivity contribution in [2.75, 3.05) is 6.61 Å². The maximum Gasteiger partial charge on any atom is 0.335 e. The number of sulfonamides is 1. The van der Waals surface area contributed by atoms with Gasteiger partial charge >= 0.3 is 5.97 Å². The number of hydrogen-bond acceptors (Lipinski definition) is 4. The van der Waals surface area contributed by atoms with E-state index in [2.05, 4.69) is 0 Å². The Hall–Kier alpha value is -2.44. The molecular weight excluding hydrogens is 362 g/mol. The first kappa shape index (κ1) is 19.3. The average Bonchev–Trinajstić information content (AvgIpc) is 3.01. The molecule has 0 aliphatic carbocycles. The van der Waals surface area contributed by atoms with Gasteiger partial charge in [0.25, 0.3) is 0 Å². The summed E-state index contributed by atoms with van der Waals surface area (Å²) in [6.45, 7) is 5.64. The van der Waals surface area contributed by atoms with Crippen LogP contribution in [-0.2, 0) is 19.6 Å². The van der Waals surface area contributed by atoms with Gasteiger partial charge in [-0.3, -0.25) is 0 Å². The number of hydrogen-bond donors (Lipinski definition) is 0. The first-order chi connectivity index (χ1) is 12.9. The third-order valence-electron chi connectivity index (χ3n) is 4.59. The lowest BCUT2D eigenvalue weighted by atomic mass is 10.0. The van der Waals surface area contributed by atoms with Gasteiger partial charge in [-0.05, 0) is 38.5 Å². The molecule has 0 amide bonds. The van der Waals surface area contributed by atoms with Crippen molar-refractivity contribution in [2.24, 2.45) is 0 Å². The minimum atomic E-state index is -3.81. The lowest BCUT2D eigenvalue weighted by Crippen LogP contribution is -2.37. The quantitative estimate of drug-likeness (QED) is 0.738. The minimum Gasteiger partial charge on any atom is -0.463 e. The van der Waals surface area contributed by atoms with E-state index in [4.69, 9.17) is 4.74 Å². The van der Waals surface area contributed by atoms with Gasteiger partial charge < -0.3 is 4.74 Å². The van der Waals surface area contributed by atoms with E-state index in [0.29, 0.717) is 5.57 Å². The van der Waals surface area contributed by atoms with Gasteiger partial charge in [0.2, 0.25) is 10.0 Å². The summed E-state index contributed by atoms with van der Waals surface area (Å²) in [5.41, 5.74) is 2.07. The van der Waals surface area contributed by atoms with Crippen LogP contribution in [0, 0.1) is 6.92 Å². The van der Waals surface area contributed by atoms with Gasteiger partial charge in [0.15, 0.2) is 0 Å². The molecule has 142 valence electrons. The van der Waals surface area contributed by atoms with E-state index in [9.17, 15) is 13.2 Å². The maximum atomic E-state index is 13.4. The van der Waals surface area contributed by atoms with Crippen molar-refractivity contribution in [3.8, 4) is 0 Å². The predicted octanol–water partition coefficient (Wildman–Crippen LogP) is 3.62. The Morgan fingerprint density at radius 3 is 2.30 bits per heavy atom. The number of aryl methyl sites for hydroxylation is 1. The lowest BCUT2D eigenvalue weighted by molar-refractivity contribution is -0.138. The SMILES string of the molecule is CCOC(=O)C1=C[C@H](C)N(S(=O)(=O)c2ccc(C)cc2)[C@@H]1c1ccccc1. The van der Waals surface area contributed by atoms with Crippen LogP contribution in [-0.4, -0.2) is 31.3 Å². The molecule has 0 N–H and O–H groups in total. The number of carbonyl (C=O) groups excluding carboxylic acids is 1. The van der Waals surface area contributed by atoms with E-state index in [1.807, 2.05) is 37.3 Å². The standard InChI is InChI=1S/C21H23NO4S/c1-4-26-21(23)19-14-16(3)22(20(19)17-8-6-5-7-9-17)27(24,25)18-12-10-15(2)11-13-18/h5-14,16,20H,4H2,1-3H3/t16-,20+/m0/s1. The summed E-state index contributed by atoms with van der Waals surface area (Å²) in [5.74, 6) is -0.486. The monoisotopic (exact) mass is 385 g/mol. The Morgan fingerprint density at radius 2 is 1.70 bits per heavy atom. The van der Waals surface area contributed by atoms with Crippen molar-refractivity contribution >= 4 is 16.0 Å². The summed E-state index contributed by atoms with van der Waals surface area (Å²) >= 11 is 0. The normalized spacial score (nSPS) is 20.3. The summed E-state index contributed by atoms with van der Waals surface area (Å²) < 4.78 is 33.4. The highest BCUT2D eigenvalue weighted by Crippen LogP contribution is 2.41. The smallest absolute Gasteiger partial charge is 0.335 e. The Balaban J connectivity index is 2.10. The molecule has 0 bridgehead atoms. The van der Waals surface area contributed by atoms with Crippen LogP contribution in [0.3, 0.4) is 0 Å². The van der Waals surface area contributed by atoms with Gasteiger partial charge in [0, 0.05) is 6.04 Å². The molecule has 1 heterocycles. The fourth-order valence-corrected chi connectivity index (χ4v) is 5.08. The Morgan fingerprint density at radius 1 is 1.07 bits per heavy atom. The third-order valence-corrected chi connectivity index (χ3v) is 6.56. The summed E-state index contributed by atoms with van der Waals surface area (Å²) in [5, 5.41) is 0. The first-order valence-corrected chi connectivity index (χ1v) is 10.3. The molecule has 6 heteroatoms. The highest BCUT2D eigenvalue weighted by Gasteiger charge is 2.44. The van der Waals surface area contributed by atoms with Gasteiger partial charge in [-0.15, -0.1) is 0 Å². The molecule has 0 saturated carbocycles. The third kappa shape index (κ3) is 3.68. The number of benzene rings is 2. The summed E-state index contributed by atoms with van der Waals surface area (Å²) in [6, 6.07) is 14.7. The second-order valence-electron chi connectivity index (χ2n) is 6.54. The summed E-state index contributed by atoms with van der Waals surface area (Å²) in [7, 11) is -3.81. The Kier molecular flexibility index (Phi) is 5.48. The number of ether oxygens (including phenoxy) is 1. The molecule has 3 rings (SSSR count). The van der Waals surface area contributed by atoms with Crippen molar-refractivity contribution in [2.45, 2.75) is 37.8 Å². The second kappa shape index (κ2) is 7.66. The van der Waals surface area contributed by atoms with Gasteiger partial charge in [-0.2, -0.15) is 4.31 Å². The zero-order chi connectivity index (χ0) is 19.6. The van der Waals surface area contributed by atoms with Crippen molar-refractivity contribution < 1.29 is 17.9 Å². The van der Waals surface area contributed by atoms with Crippen LogP contribution in [0.25, 0.3) is 0 Å². The molecule has 27 heavy (non-hydrogen) atoms. The van der Waals surface area contributed by atoms with Gasteiger partial charge in [0.1, 0.15) is 0 Å². The number of rotatable bonds is 5. The molecule has 0 radical (unpaired) electrons. The first-order valence-electron chi connectivity index (χ1n) is 8.90. The zero-order valence-electron chi connectivity index (χ0n) is 15.6. The zero-order valence-corrected chi connectivity index (χ0v) is 16.4. The van der Waals surface area contributed by atoms with Gasteiger partial charge in [-0.25, -0.2) is 13.2 Å². The van der Waals surface area contributed by atoms with Gasteiger partial charge in [-0.1, -0.05) is 54.1 Å². The molecule has 0 saturated heterocycles. The van der Waals surface area contributed by atoms with E-state index in [-0.39, 0.29) is 11.5 Å². The molecular formula is C21H23NO4S. The molecule has 5 nitrogen and oxygen atoms in total. The maximum absolute atomic E-state index is 13.4. The van der Waals surface area contributed by atoms with Gasteiger partial charge in [0.05, 0.1) is 23.1 Å². The van der Waals surface area contributed by atoms with Crippen LogP contribution < -0.4 is 0 Å². The lowest BCUT2D eigenvalue weighted by Gasteiger charge is -2.29. The molecule has 0 unspecified atom stereocenters. The van der Waals surface area contributed by atoms with Crippen molar-refractivity contribution in [1.82, 2.24) is 4.31 Å². The Bertz CT molecular complexity index is 949. The van der Waals surface area contributed by atoms with Crippen LogP contribution in [0.5, 0.6) is 0 Å². The van der Waals surface area contributed by atoms with E-state index < -0.39 is 28.1 Å². The fraction of sp³-hybridized carbons (Fsp3) is 0.286. The van der Waals surface area contributed by atoms with Crippen LogP contribution >= 0.6 is 0 Å². The summed E-state index contributed by atoms with van der Waals surface area (Å²) in [4.78, 5) is 12.7. The molecule has 0 spiro atoms. The van der Waals surface area contributed by atoms with Crippen LogP contribution in [0.15, 0.2) is 71.1 Å². The highest BCUT2D eigenvalue weighted by atomic mass is 32.2. The number of nitrogens with zero attached hydrogens (tertiary/aromatic N) is 1. The van der Waals surface area contributed by atoms with E-state index >= 15 is 0 Å². The summed E-state index contributed by atoms with van der Waals surface area (Å²) in [6.07, 6.45) is 1.68. The van der Waals surface area contributed by atoms with E-state index in [0.717, 1.165) is 11.1 Å². The molecule has 0 fully saturated rings. The van der Waals surface area contributed by atoms with Crippen LogP contribution in [0.4, 0.5) is 0 Å². The number of carbonyl (C=O) groups is 1. The minimum absolute atomic E-state index is 0.208. The van der Waals surface area contributed by atoms with Crippen molar-refractivity contribution in [3.05, 3.63) is 77.4 Å². The fourth-order valence-electron chi connectivity index (χ4n) is 3.34. The number of esters is 1. The average molecular weight is 385 g/mol. The topological polar surface area (TPSA) is 63.7 Å². The molecule has 2 aromatic carbocycles. The molecule has 1 aliphatic heterocycles. The van der Waals surface area contributed by atoms with E-state index in [1.54, 1.807) is 44.2 Å². The molecule has 2 aromatic rings. The highest BCUT2D eigenvalue weighted by molar-refractivity contribution is 7.89. The second-order valence-corrected chi connectivity index (χ2v) is 8.39. The largest absolute Gasteiger partial charge is 0.463 e. The Labute approximate surface area is 160 Å². The molecule has 2 atom stereocenters. The van der Waals surface area contributed by atoms with Crippen LogP contribution in [0.2, 0.25) is 0 Å². The molecule has 0 aromatic heterocycles. The van der Waals surface area contributed by atoms with E-state index in [1.165, 1.54) is 4.31 Å². The predicted molar refractivity (Wildman–Crippen MR) is 104 cm³/mol. The van der Waals surface area contributed by atoms with Crippen molar-refractivity contribution in [1.29, 1.82) is 0 Å². The van der Waals surface area contributed by atoms with Crippen LogP contribution in [0.1, 0.15) is 31.0 Å².